The number of ether oxygens (including phenoxy) is 3. The molecule has 2 aromatic carbocycles. The summed E-state index contributed by atoms with van der Waals surface area (Å²) < 4.78 is 16.1. The number of hydrogen-bond donors (Lipinski definition) is 2. The first kappa shape index (κ1) is 21.9. The SMILES string of the molecule is CCOc1ccc(NC(=NC)NCc2cccc(OC)c2)cc1OC.I. The molecule has 0 spiro atoms. The Morgan fingerprint density at radius 1 is 1.04 bits per heavy atom. The first-order chi connectivity index (χ1) is 12.2. The topological polar surface area (TPSA) is 64.1 Å². The van der Waals surface area contributed by atoms with Crippen molar-refractivity contribution in [2.45, 2.75) is 13.5 Å². The molecule has 142 valence electrons. The van der Waals surface area contributed by atoms with Crippen LogP contribution in [0.5, 0.6) is 17.2 Å². The van der Waals surface area contributed by atoms with Crippen molar-refractivity contribution in [1.82, 2.24) is 5.32 Å². The van der Waals surface area contributed by atoms with Gasteiger partial charge in [-0.05, 0) is 36.8 Å². The van der Waals surface area contributed by atoms with Crippen molar-refractivity contribution >= 4 is 35.6 Å². The standard InChI is InChI=1S/C19H25N3O3.HI/c1-5-25-17-10-9-15(12-18(17)24-4)22-19(20-2)21-13-14-7-6-8-16(11-14)23-3;/h6-12H,5,13H2,1-4H3,(H2,20,21,22);1H. The van der Waals surface area contributed by atoms with E-state index in [1.165, 1.54) is 0 Å². The van der Waals surface area contributed by atoms with Crippen LogP contribution in [0.25, 0.3) is 0 Å². The van der Waals surface area contributed by atoms with Crippen LogP contribution in [-0.4, -0.2) is 33.8 Å². The van der Waals surface area contributed by atoms with Gasteiger partial charge in [0.25, 0.3) is 0 Å². The summed E-state index contributed by atoms with van der Waals surface area (Å²) in [6, 6.07) is 13.6. The first-order valence-corrected chi connectivity index (χ1v) is 8.11. The number of benzene rings is 2. The molecule has 0 amide bonds. The molecule has 0 unspecified atom stereocenters. The van der Waals surface area contributed by atoms with Gasteiger partial charge in [0, 0.05) is 25.3 Å². The zero-order chi connectivity index (χ0) is 18.1. The average Bonchev–Trinajstić information content (AvgIpc) is 2.66. The molecule has 0 atom stereocenters. The Bertz CT molecular complexity index is 723. The van der Waals surface area contributed by atoms with Crippen molar-refractivity contribution in [3.63, 3.8) is 0 Å². The van der Waals surface area contributed by atoms with Crippen LogP contribution in [0.1, 0.15) is 12.5 Å². The van der Waals surface area contributed by atoms with Crippen molar-refractivity contribution in [1.29, 1.82) is 0 Å². The fourth-order valence-electron chi connectivity index (χ4n) is 2.30. The molecule has 0 heterocycles. The van der Waals surface area contributed by atoms with Crippen molar-refractivity contribution < 1.29 is 14.2 Å². The van der Waals surface area contributed by atoms with Crippen molar-refractivity contribution in [3.05, 3.63) is 48.0 Å². The Kier molecular flexibility index (Phi) is 9.64. The van der Waals surface area contributed by atoms with Crippen LogP contribution in [-0.2, 0) is 6.54 Å². The Hall–Kier alpha value is -2.16. The summed E-state index contributed by atoms with van der Waals surface area (Å²) in [5.41, 5.74) is 1.96. The maximum Gasteiger partial charge on any atom is 0.195 e. The van der Waals surface area contributed by atoms with Gasteiger partial charge < -0.3 is 24.8 Å². The number of nitrogens with zero attached hydrogens (tertiary/aromatic N) is 1. The summed E-state index contributed by atoms with van der Waals surface area (Å²) in [6.45, 7) is 3.16. The molecule has 0 aliphatic carbocycles. The van der Waals surface area contributed by atoms with Gasteiger partial charge in [-0.15, -0.1) is 24.0 Å². The lowest BCUT2D eigenvalue weighted by Gasteiger charge is -2.15. The summed E-state index contributed by atoms with van der Waals surface area (Å²) in [6.07, 6.45) is 0. The highest BCUT2D eigenvalue weighted by atomic mass is 127. The zero-order valence-electron chi connectivity index (χ0n) is 15.5. The quantitative estimate of drug-likeness (QED) is 0.364. The minimum absolute atomic E-state index is 0. The van der Waals surface area contributed by atoms with E-state index in [0.717, 1.165) is 22.7 Å². The molecular formula is C19H26IN3O3. The summed E-state index contributed by atoms with van der Waals surface area (Å²) in [5.74, 6) is 2.89. The predicted octanol–water partition coefficient (Wildman–Crippen LogP) is 3.91. The van der Waals surface area contributed by atoms with Gasteiger partial charge in [-0.1, -0.05) is 12.1 Å². The fraction of sp³-hybridized carbons (Fsp3) is 0.316. The number of methoxy groups -OCH3 is 2. The van der Waals surface area contributed by atoms with Crippen molar-refractivity contribution in [2.75, 3.05) is 33.2 Å². The van der Waals surface area contributed by atoms with Gasteiger partial charge >= 0.3 is 0 Å². The highest BCUT2D eigenvalue weighted by Gasteiger charge is 2.07. The lowest BCUT2D eigenvalue weighted by atomic mass is 10.2. The van der Waals surface area contributed by atoms with E-state index < -0.39 is 0 Å². The summed E-state index contributed by atoms with van der Waals surface area (Å²) in [7, 11) is 5.01. The fourth-order valence-corrected chi connectivity index (χ4v) is 2.30. The van der Waals surface area contributed by atoms with E-state index in [4.69, 9.17) is 14.2 Å². The van der Waals surface area contributed by atoms with Crippen LogP contribution >= 0.6 is 24.0 Å². The molecule has 2 N–H and O–H groups in total. The van der Waals surface area contributed by atoms with E-state index in [1.54, 1.807) is 21.3 Å². The number of halogens is 1. The van der Waals surface area contributed by atoms with Crippen LogP contribution in [0.3, 0.4) is 0 Å². The van der Waals surface area contributed by atoms with Crippen LogP contribution < -0.4 is 24.8 Å². The van der Waals surface area contributed by atoms with Crippen LogP contribution in [0.2, 0.25) is 0 Å². The van der Waals surface area contributed by atoms with Gasteiger partial charge in [0.05, 0.1) is 20.8 Å². The Balaban J connectivity index is 0.00000338. The van der Waals surface area contributed by atoms with Crippen LogP contribution in [0.4, 0.5) is 5.69 Å². The third-order valence-corrected chi connectivity index (χ3v) is 3.54. The smallest absolute Gasteiger partial charge is 0.195 e. The summed E-state index contributed by atoms with van der Waals surface area (Å²) in [4.78, 5) is 4.25. The van der Waals surface area contributed by atoms with E-state index in [9.17, 15) is 0 Å². The van der Waals surface area contributed by atoms with Crippen molar-refractivity contribution in [2.24, 2.45) is 4.99 Å². The zero-order valence-corrected chi connectivity index (χ0v) is 17.9. The minimum atomic E-state index is 0. The average molecular weight is 471 g/mol. The Morgan fingerprint density at radius 3 is 2.50 bits per heavy atom. The molecule has 0 saturated carbocycles. The minimum Gasteiger partial charge on any atom is -0.497 e. The first-order valence-electron chi connectivity index (χ1n) is 8.11. The maximum atomic E-state index is 5.53. The molecule has 0 aliphatic rings. The Labute approximate surface area is 172 Å². The second kappa shape index (κ2) is 11.5. The second-order valence-corrected chi connectivity index (χ2v) is 5.20. The van der Waals surface area contributed by atoms with Gasteiger partial charge in [0.2, 0.25) is 0 Å². The summed E-state index contributed by atoms with van der Waals surface area (Å²) in [5, 5.41) is 6.52. The summed E-state index contributed by atoms with van der Waals surface area (Å²) >= 11 is 0. The molecular weight excluding hydrogens is 445 g/mol. The molecule has 0 aromatic heterocycles. The van der Waals surface area contributed by atoms with Gasteiger partial charge in [-0.25, -0.2) is 0 Å². The van der Waals surface area contributed by atoms with E-state index in [1.807, 2.05) is 49.4 Å². The molecule has 7 heteroatoms. The van der Waals surface area contributed by atoms with E-state index in [0.29, 0.717) is 24.9 Å². The molecule has 0 saturated heterocycles. The lowest BCUT2D eigenvalue weighted by Crippen LogP contribution is -2.30. The lowest BCUT2D eigenvalue weighted by molar-refractivity contribution is 0.311. The predicted molar refractivity (Wildman–Crippen MR) is 116 cm³/mol. The third-order valence-electron chi connectivity index (χ3n) is 3.54. The molecule has 6 nitrogen and oxygen atoms in total. The highest BCUT2D eigenvalue weighted by Crippen LogP contribution is 2.30. The Morgan fingerprint density at radius 2 is 1.85 bits per heavy atom. The number of anilines is 1. The molecule has 0 aliphatic heterocycles. The molecule has 0 fully saturated rings. The number of nitrogens with one attached hydrogen (secondary N) is 2. The van der Waals surface area contributed by atoms with E-state index in [-0.39, 0.29) is 24.0 Å². The molecule has 2 rings (SSSR count). The number of rotatable bonds is 7. The van der Waals surface area contributed by atoms with E-state index >= 15 is 0 Å². The number of hydrogen-bond acceptors (Lipinski definition) is 4. The van der Waals surface area contributed by atoms with Gasteiger partial charge in [-0.3, -0.25) is 4.99 Å². The number of aliphatic imine (C=N–C) groups is 1. The van der Waals surface area contributed by atoms with Crippen LogP contribution in [0, 0.1) is 0 Å². The van der Waals surface area contributed by atoms with E-state index in [2.05, 4.69) is 15.6 Å². The monoisotopic (exact) mass is 471 g/mol. The highest BCUT2D eigenvalue weighted by molar-refractivity contribution is 14.0. The van der Waals surface area contributed by atoms with Gasteiger partial charge in [-0.2, -0.15) is 0 Å². The molecule has 0 bridgehead atoms. The normalized spacial score (nSPS) is 10.5. The van der Waals surface area contributed by atoms with Gasteiger partial charge in [0.15, 0.2) is 17.5 Å². The molecule has 26 heavy (non-hydrogen) atoms. The maximum absolute atomic E-state index is 5.53. The molecule has 2 aromatic rings. The van der Waals surface area contributed by atoms with Gasteiger partial charge in [0.1, 0.15) is 5.75 Å². The van der Waals surface area contributed by atoms with Crippen LogP contribution in [0.15, 0.2) is 47.5 Å². The largest absolute Gasteiger partial charge is 0.497 e. The van der Waals surface area contributed by atoms with Crippen molar-refractivity contribution in [3.8, 4) is 17.2 Å². The number of guanidine groups is 1. The second-order valence-electron chi connectivity index (χ2n) is 5.20. The molecule has 0 radical (unpaired) electrons. The third kappa shape index (κ3) is 6.29.